The molecule has 0 aliphatic carbocycles. The van der Waals surface area contributed by atoms with Crippen molar-refractivity contribution >= 4 is 6.03 Å². The van der Waals surface area contributed by atoms with Crippen LogP contribution in [0.5, 0.6) is 0 Å². The van der Waals surface area contributed by atoms with E-state index in [0.717, 1.165) is 56.7 Å². The minimum absolute atomic E-state index is 0.000130. The average Bonchev–Trinajstić information content (AvgIpc) is 2.69. The highest BCUT2D eigenvalue weighted by Crippen LogP contribution is 2.10. The molecule has 0 radical (unpaired) electrons. The van der Waals surface area contributed by atoms with Gasteiger partial charge >= 0.3 is 6.03 Å². The topological polar surface area (TPSA) is 35.6 Å². The normalized spacial score (nSPS) is 15.0. The largest absolute Gasteiger partial charge is 0.334 e. The molecule has 1 fully saturated rings. The lowest BCUT2D eigenvalue weighted by atomic mass is 10.1. The molecule has 1 N–H and O–H groups in total. The van der Waals surface area contributed by atoms with Crippen molar-refractivity contribution in [3.8, 4) is 0 Å². The van der Waals surface area contributed by atoms with Crippen molar-refractivity contribution < 1.29 is 9.18 Å². The van der Waals surface area contributed by atoms with Crippen molar-refractivity contribution in [1.29, 1.82) is 0 Å². The third-order valence-electron chi connectivity index (χ3n) is 4.82. The van der Waals surface area contributed by atoms with Crippen LogP contribution in [0.4, 0.5) is 9.18 Å². The molecular formula is C21H26FN3O. The summed E-state index contributed by atoms with van der Waals surface area (Å²) in [6.07, 6.45) is 1.69. The Bertz CT molecular complexity index is 699. The lowest BCUT2D eigenvalue weighted by Crippen LogP contribution is -2.51. The Kier molecular flexibility index (Phi) is 6.61. The number of carbonyl (C=O) groups excluding carboxylic acids is 1. The highest BCUT2D eigenvalue weighted by Gasteiger charge is 2.20. The second-order valence-corrected chi connectivity index (χ2v) is 6.67. The van der Waals surface area contributed by atoms with Crippen LogP contribution in [0.25, 0.3) is 0 Å². The van der Waals surface area contributed by atoms with Crippen LogP contribution in [-0.2, 0) is 13.0 Å². The average molecular weight is 355 g/mol. The molecule has 1 aliphatic heterocycles. The number of rotatable bonds is 6. The molecule has 0 saturated carbocycles. The van der Waals surface area contributed by atoms with Gasteiger partial charge in [0.15, 0.2) is 0 Å². The van der Waals surface area contributed by atoms with Crippen molar-refractivity contribution in [2.75, 3.05) is 32.7 Å². The Hall–Kier alpha value is -2.40. The zero-order valence-corrected chi connectivity index (χ0v) is 15.0. The summed E-state index contributed by atoms with van der Waals surface area (Å²) in [6, 6.07) is 16.9. The maximum absolute atomic E-state index is 13.6. The van der Waals surface area contributed by atoms with Crippen molar-refractivity contribution in [2.45, 2.75) is 19.4 Å². The Morgan fingerprint density at radius 2 is 1.65 bits per heavy atom. The Morgan fingerprint density at radius 3 is 2.38 bits per heavy atom. The van der Waals surface area contributed by atoms with Gasteiger partial charge in [-0.3, -0.25) is 4.90 Å². The summed E-state index contributed by atoms with van der Waals surface area (Å²) in [6.45, 7) is 4.71. The minimum atomic E-state index is -0.118. The van der Waals surface area contributed by atoms with E-state index in [-0.39, 0.29) is 11.8 Å². The van der Waals surface area contributed by atoms with E-state index in [9.17, 15) is 9.18 Å². The fourth-order valence-electron chi connectivity index (χ4n) is 3.25. The van der Waals surface area contributed by atoms with Crippen LogP contribution in [0, 0.1) is 5.82 Å². The summed E-state index contributed by atoms with van der Waals surface area (Å²) in [4.78, 5) is 16.5. The number of urea groups is 1. The number of benzene rings is 2. The lowest BCUT2D eigenvalue weighted by molar-refractivity contribution is 0.138. The van der Waals surface area contributed by atoms with Crippen molar-refractivity contribution in [1.82, 2.24) is 15.1 Å². The van der Waals surface area contributed by atoms with Crippen LogP contribution < -0.4 is 5.32 Å². The first kappa shape index (κ1) is 18.4. The van der Waals surface area contributed by atoms with Crippen LogP contribution in [-0.4, -0.2) is 48.6 Å². The summed E-state index contributed by atoms with van der Waals surface area (Å²) in [7, 11) is 0. The summed E-state index contributed by atoms with van der Waals surface area (Å²) >= 11 is 0. The number of hydrogen-bond acceptors (Lipinski definition) is 2. The smallest absolute Gasteiger partial charge is 0.317 e. The van der Waals surface area contributed by atoms with Crippen molar-refractivity contribution in [3.05, 3.63) is 71.5 Å². The number of amides is 2. The van der Waals surface area contributed by atoms with Crippen LogP contribution in [0.3, 0.4) is 0 Å². The second-order valence-electron chi connectivity index (χ2n) is 6.67. The van der Waals surface area contributed by atoms with E-state index in [4.69, 9.17) is 0 Å². The highest BCUT2D eigenvalue weighted by molar-refractivity contribution is 5.74. The van der Waals surface area contributed by atoms with Crippen LogP contribution in [0.1, 0.15) is 17.5 Å². The predicted octanol–water partition coefficient (Wildman–Crippen LogP) is 3.29. The number of halogens is 1. The lowest BCUT2D eigenvalue weighted by Gasteiger charge is -2.34. The highest BCUT2D eigenvalue weighted by atomic mass is 19.1. The molecule has 3 rings (SSSR count). The number of nitrogens with one attached hydrogen (secondary N) is 1. The van der Waals surface area contributed by atoms with Gasteiger partial charge < -0.3 is 10.2 Å². The molecule has 2 amide bonds. The molecule has 0 aromatic heterocycles. The maximum Gasteiger partial charge on any atom is 0.317 e. The summed E-state index contributed by atoms with van der Waals surface area (Å²) in [5, 5.41) is 2.98. The first-order chi connectivity index (χ1) is 12.7. The number of aryl methyl sites for hydroxylation is 1. The second kappa shape index (κ2) is 9.34. The van der Waals surface area contributed by atoms with Crippen LogP contribution in [0.2, 0.25) is 0 Å². The van der Waals surface area contributed by atoms with E-state index in [2.05, 4.69) is 10.2 Å². The van der Waals surface area contributed by atoms with Gasteiger partial charge in [0.1, 0.15) is 5.82 Å². The van der Waals surface area contributed by atoms with Gasteiger partial charge in [-0.15, -0.1) is 0 Å². The molecule has 0 unspecified atom stereocenters. The van der Waals surface area contributed by atoms with E-state index in [1.54, 1.807) is 6.07 Å². The number of nitrogens with zero attached hydrogens (tertiary/aromatic N) is 2. The van der Waals surface area contributed by atoms with Gasteiger partial charge in [0.25, 0.3) is 0 Å². The summed E-state index contributed by atoms with van der Waals surface area (Å²) in [5.41, 5.74) is 1.89. The third kappa shape index (κ3) is 5.30. The van der Waals surface area contributed by atoms with E-state index >= 15 is 0 Å². The van der Waals surface area contributed by atoms with Gasteiger partial charge in [-0.1, -0.05) is 48.5 Å². The van der Waals surface area contributed by atoms with Gasteiger partial charge in [0.2, 0.25) is 0 Å². The first-order valence-electron chi connectivity index (χ1n) is 9.25. The maximum atomic E-state index is 13.6. The van der Waals surface area contributed by atoms with Gasteiger partial charge in [0, 0.05) is 32.7 Å². The first-order valence-corrected chi connectivity index (χ1v) is 9.25. The zero-order chi connectivity index (χ0) is 18.2. The minimum Gasteiger partial charge on any atom is -0.334 e. The molecule has 1 saturated heterocycles. The predicted molar refractivity (Wildman–Crippen MR) is 101 cm³/mol. The van der Waals surface area contributed by atoms with Crippen molar-refractivity contribution in [2.24, 2.45) is 0 Å². The summed E-state index contributed by atoms with van der Waals surface area (Å²) in [5.74, 6) is -0.118. The third-order valence-corrected chi connectivity index (χ3v) is 4.82. The Morgan fingerprint density at radius 1 is 0.962 bits per heavy atom. The Balaban J connectivity index is 1.34. The molecule has 0 spiro atoms. The van der Waals surface area contributed by atoms with Crippen molar-refractivity contribution in [3.63, 3.8) is 0 Å². The van der Waals surface area contributed by atoms with E-state index in [1.807, 2.05) is 47.4 Å². The number of carbonyl (C=O) groups is 1. The van der Waals surface area contributed by atoms with Gasteiger partial charge in [-0.25, -0.2) is 9.18 Å². The standard InChI is InChI=1S/C21H26FN3O/c22-20-11-5-4-9-19(20)10-6-12-24-13-15-25(16-14-24)21(26)23-17-18-7-2-1-3-8-18/h1-5,7-9,11H,6,10,12-17H2,(H,23,26). The molecular weight excluding hydrogens is 329 g/mol. The molecule has 0 atom stereocenters. The fraction of sp³-hybridized carbons (Fsp3) is 0.381. The molecule has 1 heterocycles. The van der Waals surface area contributed by atoms with Crippen LogP contribution >= 0.6 is 0 Å². The molecule has 2 aromatic carbocycles. The van der Waals surface area contributed by atoms with Gasteiger partial charge in [-0.05, 0) is 36.6 Å². The quantitative estimate of drug-likeness (QED) is 0.863. The monoisotopic (exact) mass is 355 g/mol. The SMILES string of the molecule is O=C(NCc1ccccc1)N1CCN(CCCc2ccccc2F)CC1. The molecule has 1 aliphatic rings. The molecule has 5 heteroatoms. The van der Waals surface area contributed by atoms with Gasteiger partial charge in [-0.2, -0.15) is 0 Å². The fourth-order valence-corrected chi connectivity index (χ4v) is 3.25. The summed E-state index contributed by atoms with van der Waals surface area (Å²) < 4.78 is 13.6. The Labute approximate surface area is 154 Å². The molecule has 138 valence electrons. The molecule has 2 aromatic rings. The van der Waals surface area contributed by atoms with E-state index < -0.39 is 0 Å². The number of hydrogen-bond donors (Lipinski definition) is 1. The molecule has 4 nitrogen and oxygen atoms in total. The van der Waals surface area contributed by atoms with Crippen LogP contribution in [0.15, 0.2) is 54.6 Å². The molecule has 26 heavy (non-hydrogen) atoms. The van der Waals surface area contributed by atoms with E-state index in [0.29, 0.717) is 6.54 Å². The van der Waals surface area contributed by atoms with Gasteiger partial charge in [0.05, 0.1) is 0 Å². The molecule has 0 bridgehead atoms. The zero-order valence-electron chi connectivity index (χ0n) is 15.0. The van der Waals surface area contributed by atoms with E-state index in [1.165, 1.54) is 6.07 Å². The number of piperazine rings is 1.